The zero-order valence-electron chi connectivity index (χ0n) is 16.9. The second kappa shape index (κ2) is 7.75. The van der Waals surface area contributed by atoms with Crippen LogP contribution in [-0.4, -0.2) is 20.3 Å². The van der Waals surface area contributed by atoms with Crippen molar-refractivity contribution in [2.45, 2.75) is 25.4 Å². The minimum atomic E-state index is -0.248. The number of nitrogen functional groups attached to an aromatic ring is 1. The number of hydrogen-bond acceptors (Lipinski definition) is 5. The SMILES string of the molecule is Nc1nccn2c1c(-c1cccc(OCc3ccccc3)c1)nc2[C@H]1C[C@@H](C(N)=O)C1. The number of hydrogen-bond donors (Lipinski definition) is 2. The molecule has 4 N–H and O–H groups in total. The molecule has 1 saturated carbocycles. The van der Waals surface area contributed by atoms with E-state index in [9.17, 15) is 4.79 Å². The van der Waals surface area contributed by atoms with Gasteiger partial charge in [0.05, 0.1) is 0 Å². The third kappa shape index (κ3) is 3.59. The van der Waals surface area contributed by atoms with Crippen molar-refractivity contribution in [1.82, 2.24) is 14.4 Å². The Balaban J connectivity index is 1.48. The molecule has 0 atom stereocenters. The maximum absolute atomic E-state index is 11.5. The molecule has 2 aromatic heterocycles. The molecule has 4 aromatic rings. The average molecular weight is 413 g/mol. The smallest absolute Gasteiger partial charge is 0.220 e. The minimum absolute atomic E-state index is 0.0882. The lowest BCUT2D eigenvalue weighted by atomic mass is 9.74. The van der Waals surface area contributed by atoms with Crippen molar-refractivity contribution >= 4 is 17.2 Å². The highest BCUT2D eigenvalue weighted by molar-refractivity contribution is 5.86. The summed E-state index contributed by atoms with van der Waals surface area (Å²) < 4.78 is 7.97. The van der Waals surface area contributed by atoms with Gasteiger partial charge < -0.3 is 16.2 Å². The molecule has 1 amide bonds. The van der Waals surface area contributed by atoms with Gasteiger partial charge >= 0.3 is 0 Å². The lowest BCUT2D eigenvalue weighted by Crippen LogP contribution is -2.34. The van der Waals surface area contributed by atoms with Crippen LogP contribution in [0.3, 0.4) is 0 Å². The normalized spacial score (nSPS) is 17.9. The molecule has 31 heavy (non-hydrogen) atoms. The van der Waals surface area contributed by atoms with Gasteiger partial charge in [-0.05, 0) is 30.5 Å². The van der Waals surface area contributed by atoms with Crippen LogP contribution in [0.2, 0.25) is 0 Å². The average Bonchev–Trinajstić information content (AvgIpc) is 3.13. The van der Waals surface area contributed by atoms with E-state index in [0.29, 0.717) is 25.3 Å². The predicted octanol–water partition coefficient (Wildman–Crippen LogP) is 3.54. The Morgan fingerprint density at radius 2 is 1.94 bits per heavy atom. The summed E-state index contributed by atoms with van der Waals surface area (Å²) in [7, 11) is 0. The molecule has 0 radical (unpaired) electrons. The lowest BCUT2D eigenvalue weighted by molar-refractivity contribution is -0.124. The molecule has 2 heterocycles. The molecule has 1 aliphatic carbocycles. The Morgan fingerprint density at radius 3 is 2.71 bits per heavy atom. The van der Waals surface area contributed by atoms with Crippen molar-refractivity contribution in [3.05, 3.63) is 78.4 Å². The molecular formula is C24H23N5O2. The highest BCUT2D eigenvalue weighted by Gasteiger charge is 2.37. The van der Waals surface area contributed by atoms with Crippen molar-refractivity contribution in [3.8, 4) is 17.0 Å². The van der Waals surface area contributed by atoms with E-state index in [-0.39, 0.29) is 17.7 Å². The molecule has 0 spiro atoms. The number of amides is 1. The Kier molecular flexibility index (Phi) is 4.78. The third-order valence-electron chi connectivity index (χ3n) is 5.87. The van der Waals surface area contributed by atoms with Crippen LogP contribution >= 0.6 is 0 Å². The van der Waals surface area contributed by atoms with E-state index >= 15 is 0 Å². The number of anilines is 1. The summed E-state index contributed by atoms with van der Waals surface area (Å²) in [6.45, 7) is 0.486. The molecule has 156 valence electrons. The molecule has 1 fully saturated rings. The molecule has 0 saturated heterocycles. The maximum atomic E-state index is 11.5. The number of fused-ring (bicyclic) bond motifs is 1. The fraction of sp³-hybridized carbons (Fsp3) is 0.208. The first-order valence-corrected chi connectivity index (χ1v) is 10.3. The number of aromatic nitrogens is 3. The second-order valence-electron chi connectivity index (χ2n) is 7.92. The Hall–Kier alpha value is -3.87. The molecule has 1 aliphatic rings. The fourth-order valence-electron chi connectivity index (χ4n) is 4.11. The lowest BCUT2D eigenvalue weighted by Gasteiger charge is -2.31. The topological polar surface area (TPSA) is 109 Å². The number of benzene rings is 2. The van der Waals surface area contributed by atoms with E-state index in [0.717, 1.165) is 33.9 Å². The molecule has 0 aliphatic heterocycles. The van der Waals surface area contributed by atoms with Gasteiger partial charge in [0.15, 0.2) is 0 Å². The van der Waals surface area contributed by atoms with Crippen molar-refractivity contribution in [1.29, 1.82) is 0 Å². The summed E-state index contributed by atoms with van der Waals surface area (Å²) >= 11 is 0. The summed E-state index contributed by atoms with van der Waals surface area (Å²) in [5.41, 5.74) is 15.2. The zero-order chi connectivity index (χ0) is 21.4. The van der Waals surface area contributed by atoms with Crippen LogP contribution in [0.15, 0.2) is 67.0 Å². The van der Waals surface area contributed by atoms with Gasteiger partial charge in [-0.2, -0.15) is 0 Å². The zero-order valence-corrected chi connectivity index (χ0v) is 16.9. The number of imidazole rings is 1. The molecule has 7 heteroatoms. The first-order chi connectivity index (χ1) is 15.1. The van der Waals surface area contributed by atoms with E-state index < -0.39 is 0 Å². The van der Waals surface area contributed by atoms with Crippen LogP contribution in [0, 0.1) is 5.92 Å². The third-order valence-corrected chi connectivity index (χ3v) is 5.87. The van der Waals surface area contributed by atoms with Crippen LogP contribution in [0.1, 0.15) is 30.1 Å². The molecular weight excluding hydrogens is 390 g/mol. The Morgan fingerprint density at radius 1 is 1.13 bits per heavy atom. The Bertz CT molecular complexity index is 1250. The number of ether oxygens (including phenoxy) is 1. The standard InChI is InChI=1S/C24H23N5O2/c25-22-21-20(16-7-4-8-19(13-16)31-14-15-5-2-1-3-6-15)28-24(29(21)10-9-27-22)18-11-17(12-18)23(26)30/h1-10,13,17-18H,11-12,14H2,(H2,25,27)(H2,26,30)/t17-,18+. The van der Waals surface area contributed by atoms with Gasteiger partial charge in [-0.25, -0.2) is 9.97 Å². The Labute approximate surface area is 179 Å². The second-order valence-corrected chi connectivity index (χ2v) is 7.92. The monoisotopic (exact) mass is 413 g/mol. The van der Waals surface area contributed by atoms with E-state index in [1.54, 1.807) is 6.20 Å². The number of primary amides is 1. The highest BCUT2D eigenvalue weighted by atomic mass is 16.5. The number of carbonyl (C=O) groups is 1. The van der Waals surface area contributed by atoms with Gasteiger partial charge in [0.25, 0.3) is 0 Å². The van der Waals surface area contributed by atoms with Crippen molar-refractivity contribution < 1.29 is 9.53 Å². The van der Waals surface area contributed by atoms with E-state index in [4.69, 9.17) is 21.2 Å². The molecule has 0 bridgehead atoms. The first-order valence-electron chi connectivity index (χ1n) is 10.3. The highest BCUT2D eigenvalue weighted by Crippen LogP contribution is 2.43. The van der Waals surface area contributed by atoms with Gasteiger partial charge in [-0.1, -0.05) is 42.5 Å². The van der Waals surface area contributed by atoms with Crippen LogP contribution < -0.4 is 16.2 Å². The van der Waals surface area contributed by atoms with Crippen LogP contribution in [-0.2, 0) is 11.4 Å². The minimum Gasteiger partial charge on any atom is -0.489 e. The van der Waals surface area contributed by atoms with Gasteiger partial charge in [-0.15, -0.1) is 0 Å². The number of carbonyl (C=O) groups excluding carboxylic acids is 1. The van der Waals surface area contributed by atoms with Crippen LogP contribution in [0.4, 0.5) is 5.82 Å². The number of rotatable bonds is 6. The van der Waals surface area contributed by atoms with E-state index in [2.05, 4.69) is 4.98 Å². The van der Waals surface area contributed by atoms with Gasteiger partial charge in [0.2, 0.25) is 5.91 Å². The number of nitrogens with zero attached hydrogens (tertiary/aromatic N) is 3. The van der Waals surface area contributed by atoms with Gasteiger partial charge in [0.1, 0.15) is 35.2 Å². The molecule has 7 nitrogen and oxygen atoms in total. The molecule has 0 unspecified atom stereocenters. The largest absolute Gasteiger partial charge is 0.489 e. The first kappa shape index (κ1) is 19.1. The summed E-state index contributed by atoms with van der Waals surface area (Å²) in [4.78, 5) is 20.6. The van der Waals surface area contributed by atoms with Crippen LogP contribution in [0.5, 0.6) is 5.75 Å². The van der Waals surface area contributed by atoms with Crippen molar-refractivity contribution in [3.63, 3.8) is 0 Å². The molecule has 5 rings (SSSR count). The molecule has 2 aromatic carbocycles. The summed E-state index contributed by atoms with van der Waals surface area (Å²) in [5, 5.41) is 0. The van der Waals surface area contributed by atoms with Gasteiger partial charge in [0, 0.05) is 29.8 Å². The van der Waals surface area contributed by atoms with Crippen LogP contribution in [0.25, 0.3) is 16.8 Å². The van der Waals surface area contributed by atoms with Gasteiger partial charge in [-0.3, -0.25) is 9.20 Å². The fourth-order valence-corrected chi connectivity index (χ4v) is 4.11. The summed E-state index contributed by atoms with van der Waals surface area (Å²) in [6, 6.07) is 17.9. The van der Waals surface area contributed by atoms with Crippen molar-refractivity contribution in [2.75, 3.05) is 5.73 Å². The maximum Gasteiger partial charge on any atom is 0.220 e. The van der Waals surface area contributed by atoms with Crippen molar-refractivity contribution in [2.24, 2.45) is 11.7 Å². The number of nitrogens with two attached hydrogens (primary N) is 2. The quantitative estimate of drug-likeness (QED) is 0.503. The predicted molar refractivity (Wildman–Crippen MR) is 118 cm³/mol. The summed E-state index contributed by atoms with van der Waals surface area (Å²) in [5.74, 6) is 1.88. The van der Waals surface area contributed by atoms with E-state index in [1.165, 1.54) is 0 Å². The van der Waals surface area contributed by atoms with E-state index in [1.807, 2.05) is 65.2 Å². The summed E-state index contributed by atoms with van der Waals surface area (Å²) in [6.07, 6.45) is 4.94.